The number of ether oxygens (including phenoxy) is 2. The fraction of sp³-hybridized carbons (Fsp3) is 0.581. The first-order valence-electron chi connectivity index (χ1n) is 14.1. The zero-order valence-electron chi connectivity index (χ0n) is 23.4. The van der Waals surface area contributed by atoms with Gasteiger partial charge in [0.2, 0.25) is 0 Å². The lowest BCUT2D eigenvalue weighted by atomic mass is 9.59. The molecule has 3 aliphatic rings. The number of likely N-dealkylation sites (tertiary alicyclic amines) is 1. The fourth-order valence-corrected chi connectivity index (χ4v) is 7.03. The monoisotopic (exact) mass is 521 g/mol. The van der Waals surface area contributed by atoms with Crippen LogP contribution in [0.2, 0.25) is 0 Å². The van der Waals surface area contributed by atoms with Gasteiger partial charge in [0.05, 0.1) is 14.2 Å². The van der Waals surface area contributed by atoms with Gasteiger partial charge in [-0.05, 0) is 54.2 Å². The second-order valence-electron chi connectivity index (χ2n) is 11.8. The minimum Gasteiger partial charge on any atom is -0.497 e. The average molecular weight is 522 g/mol. The van der Waals surface area contributed by atoms with E-state index < -0.39 is 6.09 Å². The largest absolute Gasteiger partial charge is 0.497 e. The molecule has 2 aromatic rings. The summed E-state index contributed by atoms with van der Waals surface area (Å²) in [5.74, 6) is 2.16. The van der Waals surface area contributed by atoms with Crippen LogP contribution in [0.5, 0.6) is 11.5 Å². The molecule has 1 atom stereocenters. The lowest BCUT2D eigenvalue weighted by molar-refractivity contribution is -0.0750. The molecule has 1 unspecified atom stereocenters. The van der Waals surface area contributed by atoms with E-state index in [1.807, 2.05) is 12.1 Å². The van der Waals surface area contributed by atoms with E-state index in [0.717, 1.165) is 50.5 Å². The number of benzene rings is 2. The second-order valence-corrected chi connectivity index (χ2v) is 11.8. The molecule has 3 fully saturated rings. The highest BCUT2D eigenvalue weighted by molar-refractivity contribution is 5.65. The van der Waals surface area contributed by atoms with Gasteiger partial charge in [-0.15, -0.1) is 0 Å². The summed E-state index contributed by atoms with van der Waals surface area (Å²) in [5, 5.41) is 9.38. The van der Waals surface area contributed by atoms with Crippen molar-refractivity contribution in [2.75, 3.05) is 46.9 Å². The van der Waals surface area contributed by atoms with Crippen LogP contribution in [0.4, 0.5) is 4.79 Å². The van der Waals surface area contributed by atoms with E-state index in [2.05, 4.69) is 54.0 Å². The van der Waals surface area contributed by atoms with Crippen LogP contribution in [-0.4, -0.2) is 78.9 Å². The smallest absolute Gasteiger partial charge is 0.407 e. The highest BCUT2D eigenvalue weighted by Crippen LogP contribution is 2.53. The minimum atomic E-state index is -0.773. The van der Waals surface area contributed by atoms with Gasteiger partial charge in [-0.2, -0.15) is 0 Å². The Morgan fingerprint density at radius 1 is 1.03 bits per heavy atom. The summed E-state index contributed by atoms with van der Waals surface area (Å²) in [5.41, 5.74) is 4.41. The average Bonchev–Trinajstić information content (AvgIpc) is 2.92. The number of methoxy groups -OCH3 is 2. The molecular weight excluding hydrogens is 478 g/mol. The lowest BCUT2D eigenvalue weighted by Crippen LogP contribution is -2.60. The zero-order chi connectivity index (χ0) is 26.9. The third-order valence-electron chi connectivity index (χ3n) is 9.27. The van der Waals surface area contributed by atoms with Gasteiger partial charge < -0.3 is 19.5 Å². The molecule has 38 heavy (non-hydrogen) atoms. The van der Waals surface area contributed by atoms with Gasteiger partial charge in [0.25, 0.3) is 0 Å². The summed E-state index contributed by atoms with van der Waals surface area (Å²) in [4.78, 5) is 18.3. The highest BCUT2D eigenvalue weighted by atomic mass is 16.5. The van der Waals surface area contributed by atoms with Crippen molar-refractivity contribution in [3.05, 3.63) is 59.2 Å². The SMILES string of the molecule is COc1ccc(CN2CCN(C3CC4(CCN(C(=O)O)CC4)C3)C(c3ccccc3C(C)C)C2)c(OC)c1. The Hall–Kier alpha value is -2.77. The molecule has 2 saturated heterocycles. The second kappa shape index (κ2) is 11.1. The van der Waals surface area contributed by atoms with E-state index in [1.165, 1.54) is 29.5 Å². The summed E-state index contributed by atoms with van der Waals surface area (Å²) in [6, 6.07) is 16.0. The molecule has 1 spiro atoms. The van der Waals surface area contributed by atoms with E-state index in [9.17, 15) is 9.90 Å². The molecule has 1 saturated carbocycles. The van der Waals surface area contributed by atoms with Crippen molar-refractivity contribution >= 4 is 6.09 Å². The molecule has 1 amide bonds. The molecule has 1 N–H and O–H groups in total. The van der Waals surface area contributed by atoms with Crippen LogP contribution in [-0.2, 0) is 6.54 Å². The van der Waals surface area contributed by atoms with Crippen LogP contribution in [0.3, 0.4) is 0 Å². The lowest BCUT2D eigenvalue weighted by Gasteiger charge is -2.58. The molecule has 0 aromatic heterocycles. The van der Waals surface area contributed by atoms with Crippen LogP contribution in [0, 0.1) is 5.41 Å². The number of rotatable bonds is 7. The maximum Gasteiger partial charge on any atom is 0.407 e. The molecular formula is C31H43N3O4. The molecule has 2 aromatic carbocycles. The highest BCUT2D eigenvalue weighted by Gasteiger charge is 2.50. The van der Waals surface area contributed by atoms with Crippen LogP contribution in [0.15, 0.2) is 42.5 Å². The van der Waals surface area contributed by atoms with E-state index in [0.29, 0.717) is 36.5 Å². The summed E-state index contributed by atoms with van der Waals surface area (Å²) in [6.45, 7) is 9.83. The van der Waals surface area contributed by atoms with E-state index in [1.54, 1.807) is 19.1 Å². The molecule has 7 nitrogen and oxygen atoms in total. The Bertz CT molecular complexity index is 1120. The maximum atomic E-state index is 11.4. The molecule has 1 aliphatic carbocycles. The van der Waals surface area contributed by atoms with E-state index in [-0.39, 0.29) is 0 Å². The summed E-state index contributed by atoms with van der Waals surface area (Å²) < 4.78 is 11.1. The first kappa shape index (κ1) is 26.8. The Balaban J connectivity index is 1.34. The van der Waals surface area contributed by atoms with Crippen molar-refractivity contribution in [1.29, 1.82) is 0 Å². The molecule has 0 bridgehead atoms. The van der Waals surface area contributed by atoms with E-state index in [4.69, 9.17) is 9.47 Å². The third-order valence-corrected chi connectivity index (χ3v) is 9.27. The van der Waals surface area contributed by atoms with Crippen LogP contribution in [0.25, 0.3) is 0 Å². The quantitative estimate of drug-likeness (QED) is 0.511. The van der Waals surface area contributed by atoms with Crippen molar-refractivity contribution < 1.29 is 19.4 Å². The number of piperidine rings is 1. The Morgan fingerprint density at radius 2 is 1.76 bits per heavy atom. The van der Waals surface area contributed by atoms with Crippen LogP contribution < -0.4 is 9.47 Å². The first-order chi connectivity index (χ1) is 18.3. The van der Waals surface area contributed by atoms with Gasteiger partial charge in [0.15, 0.2) is 0 Å². The number of amides is 1. The third kappa shape index (κ3) is 5.36. The van der Waals surface area contributed by atoms with Gasteiger partial charge in [0, 0.05) is 63.0 Å². The number of nitrogens with zero attached hydrogens (tertiary/aromatic N) is 3. The Labute approximate surface area is 227 Å². The Kier molecular flexibility index (Phi) is 7.87. The minimum absolute atomic E-state index is 0.326. The normalized spacial score (nSPS) is 22.4. The molecule has 0 radical (unpaired) electrons. The number of hydrogen-bond donors (Lipinski definition) is 1. The van der Waals surface area contributed by atoms with Gasteiger partial charge >= 0.3 is 6.09 Å². The summed E-state index contributed by atoms with van der Waals surface area (Å²) in [7, 11) is 3.41. The van der Waals surface area contributed by atoms with Gasteiger partial charge in [-0.3, -0.25) is 9.80 Å². The number of carbonyl (C=O) groups is 1. The predicted octanol–water partition coefficient (Wildman–Crippen LogP) is 5.61. The van der Waals surface area contributed by atoms with Gasteiger partial charge in [0.1, 0.15) is 11.5 Å². The van der Waals surface area contributed by atoms with Crippen molar-refractivity contribution in [1.82, 2.24) is 14.7 Å². The summed E-state index contributed by atoms with van der Waals surface area (Å²) in [6.07, 6.45) is 3.60. The van der Waals surface area contributed by atoms with Crippen molar-refractivity contribution in [2.45, 2.75) is 64.1 Å². The van der Waals surface area contributed by atoms with Crippen LogP contribution >= 0.6 is 0 Å². The van der Waals surface area contributed by atoms with Gasteiger partial charge in [-0.25, -0.2) is 4.79 Å². The van der Waals surface area contributed by atoms with Crippen molar-refractivity contribution in [2.24, 2.45) is 5.41 Å². The first-order valence-corrected chi connectivity index (χ1v) is 14.1. The Morgan fingerprint density at radius 3 is 2.42 bits per heavy atom. The predicted molar refractivity (Wildman–Crippen MR) is 149 cm³/mol. The standard InChI is InChI=1S/C31H43N3O4/c1-22(2)26-7-5-6-8-27(26)28-21-32(20-23-9-10-25(37-3)17-29(23)38-4)15-16-34(28)24-18-31(19-24)11-13-33(14-12-31)30(35)36/h5-10,17,22,24,28H,11-16,18-21H2,1-4H3,(H,35,36). The maximum absolute atomic E-state index is 11.4. The summed E-state index contributed by atoms with van der Waals surface area (Å²) >= 11 is 0. The molecule has 5 rings (SSSR count). The molecule has 7 heteroatoms. The molecule has 206 valence electrons. The molecule has 2 aliphatic heterocycles. The van der Waals surface area contributed by atoms with Gasteiger partial charge in [-0.1, -0.05) is 44.2 Å². The van der Waals surface area contributed by atoms with Crippen molar-refractivity contribution in [3.63, 3.8) is 0 Å². The van der Waals surface area contributed by atoms with Crippen molar-refractivity contribution in [3.8, 4) is 11.5 Å². The molecule has 2 heterocycles. The topological polar surface area (TPSA) is 65.5 Å². The van der Waals surface area contributed by atoms with Crippen LogP contribution in [0.1, 0.15) is 68.2 Å². The van der Waals surface area contributed by atoms with E-state index >= 15 is 0 Å². The number of hydrogen-bond acceptors (Lipinski definition) is 5. The fourth-order valence-electron chi connectivity index (χ4n) is 7.03. The number of carboxylic acid groups (broad SMARTS) is 1. The number of piperazine rings is 1. The zero-order valence-corrected chi connectivity index (χ0v) is 23.4.